The molecule has 0 aliphatic rings. The van der Waals surface area contributed by atoms with Crippen molar-refractivity contribution in [3.05, 3.63) is 12.5 Å². The number of ether oxygens (including phenoxy) is 1. The van der Waals surface area contributed by atoms with Crippen molar-refractivity contribution in [2.75, 3.05) is 14.2 Å². The Labute approximate surface area is 43.3 Å². The Morgan fingerprint density at radius 2 is 2.29 bits per heavy atom. The molecule has 0 aromatic rings. The summed E-state index contributed by atoms with van der Waals surface area (Å²) in [6.07, 6.45) is 3.11. The van der Waals surface area contributed by atoms with Gasteiger partial charge in [-0.3, -0.25) is 0 Å². The Hall–Kier alpha value is -0.700. The van der Waals surface area contributed by atoms with Crippen molar-refractivity contribution in [3.8, 4) is 0 Å². The minimum Gasteiger partial charge on any atom is -0.503 e. The summed E-state index contributed by atoms with van der Waals surface area (Å²) in [4.78, 5) is 0. The fourth-order valence-corrected chi connectivity index (χ4v) is 0.157. The van der Waals surface area contributed by atoms with Crippen LogP contribution in [-0.4, -0.2) is 19.2 Å². The maximum absolute atomic E-state index is 5.14. The largest absolute Gasteiger partial charge is 0.503 e. The van der Waals surface area contributed by atoms with Gasteiger partial charge in [0.25, 0.3) is 0 Å². The first-order valence-electron chi connectivity index (χ1n) is 1.94. The first-order chi connectivity index (χ1) is 3.27. The maximum atomic E-state index is 5.14. The minimum atomic E-state index is 1.41. The van der Waals surface area contributed by atoms with Gasteiger partial charge in [-0.2, -0.15) is 0 Å². The first kappa shape index (κ1) is 6.30. The van der Waals surface area contributed by atoms with Crippen LogP contribution < -0.4 is 5.84 Å². The van der Waals surface area contributed by atoms with Crippen LogP contribution >= 0.6 is 0 Å². The van der Waals surface area contributed by atoms with Crippen molar-refractivity contribution in [2.24, 2.45) is 5.84 Å². The molecule has 0 aromatic heterocycles. The summed E-state index contributed by atoms with van der Waals surface area (Å²) in [6.45, 7) is 0. The molecule has 7 heavy (non-hydrogen) atoms. The molecule has 0 fully saturated rings. The predicted octanol–water partition coefficient (Wildman–Crippen LogP) is -0.0905. The standard InChI is InChI=1S/C4H10N2O/c1-6(5)3-4-7-2/h3-4H,5H2,1-2H3. The summed E-state index contributed by atoms with van der Waals surface area (Å²) in [5.74, 6) is 5.14. The second kappa shape index (κ2) is 3.49. The van der Waals surface area contributed by atoms with Gasteiger partial charge in [-0.05, 0) is 0 Å². The van der Waals surface area contributed by atoms with E-state index in [4.69, 9.17) is 5.84 Å². The van der Waals surface area contributed by atoms with Gasteiger partial charge >= 0.3 is 0 Å². The molecule has 0 atom stereocenters. The summed E-state index contributed by atoms with van der Waals surface area (Å²) >= 11 is 0. The number of methoxy groups -OCH3 is 1. The van der Waals surface area contributed by atoms with E-state index < -0.39 is 0 Å². The van der Waals surface area contributed by atoms with Crippen LogP contribution in [0.15, 0.2) is 12.5 Å². The molecule has 3 nitrogen and oxygen atoms in total. The van der Waals surface area contributed by atoms with Crippen LogP contribution in [0.4, 0.5) is 0 Å². The van der Waals surface area contributed by atoms with E-state index in [-0.39, 0.29) is 0 Å². The third kappa shape index (κ3) is 5.30. The molecule has 0 heterocycles. The molecule has 0 amide bonds. The third-order valence-electron chi connectivity index (χ3n) is 0.432. The van der Waals surface area contributed by atoms with Crippen LogP contribution in [0.2, 0.25) is 0 Å². The minimum absolute atomic E-state index is 1.41. The topological polar surface area (TPSA) is 38.5 Å². The number of nitrogens with zero attached hydrogens (tertiary/aromatic N) is 1. The van der Waals surface area contributed by atoms with Gasteiger partial charge < -0.3 is 9.75 Å². The molecule has 0 rings (SSSR count). The van der Waals surface area contributed by atoms with Crippen molar-refractivity contribution >= 4 is 0 Å². The lowest BCUT2D eigenvalue weighted by Crippen LogP contribution is -2.18. The van der Waals surface area contributed by atoms with Crippen molar-refractivity contribution in [1.29, 1.82) is 0 Å². The number of hydrogen-bond donors (Lipinski definition) is 1. The van der Waals surface area contributed by atoms with Crippen LogP contribution in [0.1, 0.15) is 0 Å². The highest BCUT2D eigenvalue weighted by Gasteiger charge is 1.69. The van der Waals surface area contributed by atoms with Crippen LogP contribution in [0.5, 0.6) is 0 Å². The normalized spacial score (nSPS) is 9.57. The smallest absolute Gasteiger partial charge is 0.0997 e. The number of rotatable bonds is 2. The Morgan fingerprint density at radius 1 is 1.71 bits per heavy atom. The number of hydrogen-bond acceptors (Lipinski definition) is 3. The molecular weight excluding hydrogens is 92.1 g/mol. The van der Waals surface area contributed by atoms with E-state index in [1.807, 2.05) is 0 Å². The SMILES string of the molecule is COC=CN(C)N. The molecule has 0 saturated heterocycles. The third-order valence-corrected chi connectivity index (χ3v) is 0.432. The van der Waals surface area contributed by atoms with Gasteiger partial charge in [0.1, 0.15) is 0 Å². The molecule has 0 unspecified atom stereocenters. The molecular formula is C4H10N2O. The van der Waals surface area contributed by atoms with Gasteiger partial charge in [0.2, 0.25) is 0 Å². The molecule has 3 heteroatoms. The molecule has 0 spiro atoms. The summed E-state index contributed by atoms with van der Waals surface area (Å²) in [7, 11) is 3.29. The van der Waals surface area contributed by atoms with E-state index in [0.717, 1.165) is 0 Å². The van der Waals surface area contributed by atoms with Gasteiger partial charge in [-0.15, -0.1) is 0 Å². The zero-order valence-corrected chi connectivity index (χ0v) is 4.59. The fraction of sp³-hybridized carbons (Fsp3) is 0.500. The zero-order chi connectivity index (χ0) is 5.70. The molecule has 0 radical (unpaired) electrons. The number of nitrogens with two attached hydrogens (primary N) is 1. The summed E-state index contributed by atoms with van der Waals surface area (Å²) in [5, 5.41) is 1.41. The van der Waals surface area contributed by atoms with Gasteiger partial charge in [-0.1, -0.05) is 0 Å². The lowest BCUT2D eigenvalue weighted by Gasteiger charge is -2.00. The fourth-order valence-electron chi connectivity index (χ4n) is 0.157. The van der Waals surface area contributed by atoms with E-state index >= 15 is 0 Å². The van der Waals surface area contributed by atoms with E-state index in [1.165, 1.54) is 11.3 Å². The van der Waals surface area contributed by atoms with Crippen molar-refractivity contribution in [2.45, 2.75) is 0 Å². The van der Waals surface area contributed by atoms with E-state index in [1.54, 1.807) is 20.4 Å². The molecule has 0 bridgehead atoms. The van der Waals surface area contributed by atoms with E-state index in [2.05, 4.69) is 4.74 Å². The monoisotopic (exact) mass is 102 g/mol. The molecule has 0 aliphatic heterocycles. The van der Waals surface area contributed by atoms with Crippen LogP contribution in [0.25, 0.3) is 0 Å². The van der Waals surface area contributed by atoms with E-state index in [9.17, 15) is 0 Å². The Bertz CT molecular complexity index is 60.7. The van der Waals surface area contributed by atoms with Gasteiger partial charge in [-0.25, -0.2) is 5.84 Å². The Balaban J connectivity index is 3.08. The van der Waals surface area contributed by atoms with Gasteiger partial charge in [0.05, 0.1) is 13.4 Å². The van der Waals surface area contributed by atoms with Crippen LogP contribution in [0.3, 0.4) is 0 Å². The maximum Gasteiger partial charge on any atom is 0.0997 e. The molecule has 2 N–H and O–H groups in total. The van der Waals surface area contributed by atoms with Crippen molar-refractivity contribution < 1.29 is 4.74 Å². The summed E-state index contributed by atoms with van der Waals surface area (Å²) in [6, 6.07) is 0. The zero-order valence-electron chi connectivity index (χ0n) is 4.59. The Morgan fingerprint density at radius 3 is 2.43 bits per heavy atom. The Kier molecular flexibility index (Phi) is 3.14. The van der Waals surface area contributed by atoms with Crippen LogP contribution in [-0.2, 0) is 4.74 Å². The van der Waals surface area contributed by atoms with Gasteiger partial charge in [0.15, 0.2) is 0 Å². The average Bonchev–Trinajstić information content (AvgIpc) is 1.61. The highest BCUT2D eigenvalue weighted by Crippen LogP contribution is 1.71. The van der Waals surface area contributed by atoms with Crippen LogP contribution in [0, 0.1) is 0 Å². The first-order valence-corrected chi connectivity index (χ1v) is 1.94. The molecule has 0 aromatic carbocycles. The predicted molar refractivity (Wildman–Crippen MR) is 28.1 cm³/mol. The highest BCUT2D eigenvalue weighted by atomic mass is 16.5. The summed E-state index contributed by atoms with van der Waals surface area (Å²) < 4.78 is 4.55. The second-order valence-electron chi connectivity index (χ2n) is 1.19. The lowest BCUT2D eigenvalue weighted by atomic mass is 10.9. The molecule has 0 aliphatic carbocycles. The molecule has 42 valence electrons. The quantitative estimate of drug-likeness (QED) is 0.301. The average molecular weight is 102 g/mol. The van der Waals surface area contributed by atoms with Crippen molar-refractivity contribution in [3.63, 3.8) is 0 Å². The lowest BCUT2D eigenvalue weighted by molar-refractivity contribution is 0.324. The highest BCUT2D eigenvalue weighted by molar-refractivity contribution is 4.66. The van der Waals surface area contributed by atoms with Gasteiger partial charge in [0, 0.05) is 13.2 Å². The number of hydrazine groups is 1. The molecule has 0 saturated carbocycles. The van der Waals surface area contributed by atoms with E-state index in [0.29, 0.717) is 0 Å². The second-order valence-corrected chi connectivity index (χ2v) is 1.19. The summed E-state index contributed by atoms with van der Waals surface area (Å²) in [5.41, 5.74) is 0. The van der Waals surface area contributed by atoms with Crippen molar-refractivity contribution in [1.82, 2.24) is 5.01 Å².